The van der Waals surface area contributed by atoms with Gasteiger partial charge in [0.15, 0.2) is 0 Å². The third kappa shape index (κ3) is 5.87. The first-order valence-electron chi connectivity index (χ1n) is 8.87. The Morgan fingerprint density at radius 3 is 2.44 bits per heavy atom. The molecule has 2 amide bonds. The van der Waals surface area contributed by atoms with Gasteiger partial charge in [-0.2, -0.15) is 5.26 Å². The topological polar surface area (TPSA) is 97.3 Å². The number of nitrogens with one attached hydrogen (secondary N) is 3. The SMILES string of the molecule is CC(C)(C)C(=O)NC1CCC(NNCC(=O)N2CSCC2C#N)CC1. The van der Waals surface area contributed by atoms with E-state index in [2.05, 4.69) is 22.2 Å². The van der Waals surface area contributed by atoms with Crippen LogP contribution in [0.3, 0.4) is 0 Å². The smallest absolute Gasteiger partial charge is 0.239 e. The van der Waals surface area contributed by atoms with Gasteiger partial charge in [0.25, 0.3) is 0 Å². The molecule has 0 aromatic rings. The summed E-state index contributed by atoms with van der Waals surface area (Å²) in [4.78, 5) is 25.8. The summed E-state index contributed by atoms with van der Waals surface area (Å²) < 4.78 is 0. The van der Waals surface area contributed by atoms with Crippen LogP contribution in [-0.2, 0) is 9.59 Å². The fraction of sp³-hybridized carbons (Fsp3) is 0.824. The fourth-order valence-electron chi connectivity index (χ4n) is 2.95. The van der Waals surface area contributed by atoms with Gasteiger partial charge in [-0.15, -0.1) is 11.8 Å². The quantitative estimate of drug-likeness (QED) is 0.627. The lowest BCUT2D eigenvalue weighted by atomic mass is 9.89. The standard InChI is InChI=1S/C17H29N5O2S/c1-17(2,3)16(24)20-12-4-6-13(7-5-12)21-19-9-15(23)22-11-25-10-14(22)8-18/h12-14,19,21H,4-7,9-11H2,1-3H3,(H,20,24). The molecule has 8 heteroatoms. The van der Waals surface area contributed by atoms with E-state index in [4.69, 9.17) is 5.26 Å². The van der Waals surface area contributed by atoms with Crippen molar-refractivity contribution in [1.29, 1.82) is 5.26 Å². The number of rotatable bonds is 5. The molecule has 0 spiro atoms. The molecule has 1 saturated carbocycles. The minimum Gasteiger partial charge on any atom is -0.353 e. The molecular weight excluding hydrogens is 338 g/mol. The Morgan fingerprint density at radius 2 is 1.84 bits per heavy atom. The summed E-state index contributed by atoms with van der Waals surface area (Å²) in [5.41, 5.74) is 5.87. The molecule has 0 aromatic carbocycles. The molecule has 140 valence electrons. The van der Waals surface area contributed by atoms with Crippen LogP contribution in [0.5, 0.6) is 0 Å². The molecule has 1 atom stereocenters. The Balaban J connectivity index is 1.63. The van der Waals surface area contributed by atoms with Crippen LogP contribution in [0.15, 0.2) is 0 Å². The molecule has 2 rings (SSSR count). The molecule has 2 aliphatic rings. The summed E-state index contributed by atoms with van der Waals surface area (Å²) in [7, 11) is 0. The number of nitrogens with zero attached hydrogens (tertiary/aromatic N) is 2. The van der Waals surface area contributed by atoms with Gasteiger partial charge >= 0.3 is 0 Å². The first kappa shape index (κ1) is 20.0. The van der Waals surface area contributed by atoms with Gasteiger partial charge in [0.2, 0.25) is 11.8 Å². The minimum absolute atomic E-state index is 0.0461. The molecule has 0 radical (unpaired) electrons. The summed E-state index contributed by atoms with van der Waals surface area (Å²) in [6, 6.07) is 2.40. The predicted octanol–water partition coefficient (Wildman–Crippen LogP) is 0.979. The molecule has 1 aliphatic heterocycles. The van der Waals surface area contributed by atoms with Gasteiger partial charge in [0.1, 0.15) is 6.04 Å². The highest BCUT2D eigenvalue weighted by Gasteiger charge is 2.29. The van der Waals surface area contributed by atoms with Gasteiger partial charge in [-0.3, -0.25) is 15.0 Å². The van der Waals surface area contributed by atoms with Crippen molar-refractivity contribution < 1.29 is 9.59 Å². The maximum Gasteiger partial charge on any atom is 0.239 e. The Bertz CT molecular complexity index is 520. The van der Waals surface area contributed by atoms with E-state index in [0.29, 0.717) is 17.7 Å². The number of carbonyl (C=O) groups excluding carboxylic acids is 2. The molecule has 0 bridgehead atoms. The van der Waals surface area contributed by atoms with Crippen molar-refractivity contribution in [3.8, 4) is 6.07 Å². The van der Waals surface area contributed by atoms with Crippen LogP contribution in [0.4, 0.5) is 0 Å². The van der Waals surface area contributed by atoms with Gasteiger partial charge in [0, 0.05) is 23.3 Å². The Hall–Kier alpha value is -1.30. The molecule has 0 aromatic heterocycles. The molecule has 3 N–H and O–H groups in total. The maximum absolute atomic E-state index is 12.1. The summed E-state index contributed by atoms with van der Waals surface area (Å²) >= 11 is 1.61. The largest absolute Gasteiger partial charge is 0.353 e. The molecular formula is C17H29N5O2S. The molecule has 25 heavy (non-hydrogen) atoms. The number of carbonyl (C=O) groups is 2. The van der Waals surface area contributed by atoms with Crippen LogP contribution in [0.25, 0.3) is 0 Å². The van der Waals surface area contributed by atoms with E-state index in [-0.39, 0.29) is 35.9 Å². The lowest BCUT2D eigenvalue weighted by molar-refractivity contribution is -0.130. The number of thioether (sulfide) groups is 1. The van der Waals surface area contributed by atoms with Crippen LogP contribution in [-0.4, -0.2) is 53.0 Å². The average Bonchev–Trinajstić information content (AvgIpc) is 3.04. The lowest BCUT2D eigenvalue weighted by Crippen LogP contribution is -2.50. The number of amides is 2. The highest BCUT2D eigenvalue weighted by molar-refractivity contribution is 7.99. The minimum atomic E-state index is -0.355. The molecule has 1 aliphatic carbocycles. The third-order valence-electron chi connectivity index (χ3n) is 4.64. The summed E-state index contributed by atoms with van der Waals surface area (Å²) in [6.45, 7) is 5.96. The third-order valence-corrected chi connectivity index (χ3v) is 5.65. The molecule has 2 fully saturated rings. The zero-order chi connectivity index (χ0) is 18.4. The summed E-state index contributed by atoms with van der Waals surface area (Å²) in [5, 5.41) is 12.2. The summed E-state index contributed by atoms with van der Waals surface area (Å²) in [6.07, 6.45) is 3.79. The van der Waals surface area contributed by atoms with E-state index in [0.717, 1.165) is 25.7 Å². The maximum atomic E-state index is 12.1. The van der Waals surface area contributed by atoms with Gasteiger partial charge in [-0.1, -0.05) is 20.8 Å². The van der Waals surface area contributed by atoms with Crippen molar-refractivity contribution >= 4 is 23.6 Å². The van der Waals surface area contributed by atoms with E-state index < -0.39 is 0 Å². The number of hydrogen-bond donors (Lipinski definition) is 3. The van der Waals surface area contributed by atoms with E-state index >= 15 is 0 Å². The van der Waals surface area contributed by atoms with E-state index in [1.807, 2.05) is 20.8 Å². The average molecular weight is 368 g/mol. The summed E-state index contributed by atoms with van der Waals surface area (Å²) in [5.74, 6) is 1.34. The monoisotopic (exact) mass is 367 g/mol. The van der Waals surface area contributed by atoms with Crippen LogP contribution in [0, 0.1) is 16.7 Å². The molecule has 1 heterocycles. The van der Waals surface area contributed by atoms with Crippen molar-refractivity contribution in [3.05, 3.63) is 0 Å². The van der Waals surface area contributed by atoms with Crippen molar-refractivity contribution in [2.75, 3.05) is 18.2 Å². The molecule has 1 saturated heterocycles. The van der Waals surface area contributed by atoms with Crippen LogP contribution in [0.2, 0.25) is 0 Å². The Kier molecular flexibility index (Phi) is 7.11. The first-order chi connectivity index (χ1) is 11.8. The Morgan fingerprint density at radius 1 is 1.20 bits per heavy atom. The van der Waals surface area contributed by atoms with Crippen molar-refractivity contribution in [1.82, 2.24) is 21.1 Å². The van der Waals surface area contributed by atoms with E-state index in [1.54, 1.807) is 16.7 Å². The molecule has 1 unspecified atom stereocenters. The van der Waals surface area contributed by atoms with Gasteiger partial charge < -0.3 is 10.2 Å². The van der Waals surface area contributed by atoms with Crippen molar-refractivity contribution in [3.63, 3.8) is 0 Å². The van der Waals surface area contributed by atoms with Gasteiger partial charge in [0.05, 0.1) is 18.5 Å². The van der Waals surface area contributed by atoms with E-state index in [1.165, 1.54) is 0 Å². The Labute approximate surface area is 154 Å². The predicted molar refractivity (Wildman–Crippen MR) is 98.4 cm³/mol. The number of nitriles is 1. The number of hydrazine groups is 1. The second-order valence-corrected chi connectivity index (χ2v) is 8.78. The van der Waals surface area contributed by atoms with Crippen molar-refractivity contribution in [2.24, 2.45) is 5.41 Å². The van der Waals surface area contributed by atoms with Gasteiger partial charge in [-0.05, 0) is 25.7 Å². The van der Waals surface area contributed by atoms with Crippen LogP contribution >= 0.6 is 11.8 Å². The number of hydrogen-bond acceptors (Lipinski definition) is 6. The normalized spacial score (nSPS) is 27.0. The van der Waals surface area contributed by atoms with Crippen LogP contribution < -0.4 is 16.2 Å². The molecule has 7 nitrogen and oxygen atoms in total. The highest BCUT2D eigenvalue weighted by atomic mass is 32.2. The zero-order valence-corrected chi connectivity index (χ0v) is 16.1. The van der Waals surface area contributed by atoms with Crippen molar-refractivity contribution in [2.45, 2.75) is 64.6 Å². The highest BCUT2D eigenvalue weighted by Crippen LogP contribution is 2.21. The second-order valence-electron chi connectivity index (χ2n) is 7.78. The first-order valence-corrected chi connectivity index (χ1v) is 10.0. The second kappa shape index (κ2) is 8.88. The fourth-order valence-corrected chi connectivity index (χ4v) is 4.06. The van der Waals surface area contributed by atoms with E-state index in [9.17, 15) is 9.59 Å². The zero-order valence-electron chi connectivity index (χ0n) is 15.3. The van der Waals surface area contributed by atoms with Gasteiger partial charge in [-0.25, -0.2) is 5.43 Å². The lowest BCUT2D eigenvalue weighted by Gasteiger charge is -2.31. The van der Waals surface area contributed by atoms with Crippen LogP contribution in [0.1, 0.15) is 46.5 Å².